The summed E-state index contributed by atoms with van der Waals surface area (Å²) >= 11 is 0. The Bertz CT molecular complexity index is 996. The van der Waals surface area contributed by atoms with Crippen LogP contribution in [-0.2, 0) is 26.2 Å². The molecule has 0 aliphatic carbocycles. The highest BCUT2D eigenvalue weighted by Gasteiger charge is 2.44. The first-order valence-electron chi connectivity index (χ1n) is 9.48. The minimum absolute atomic E-state index is 0.0106. The molecule has 3 atom stereocenters. The second-order valence-corrected chi connectivity index (χ2v) is 9.05. The summed E-state index contributed by atoms with van der Waals surface area (Å²) in [7, 11) is -4.01. The van der Waals surface area contributed by atoms with Gasteiger partial charge in [0.15, 0.2) is 0 Å². The third-order valence-corrected chi connectivity index (χ3v) is 6.82. The van der Waals surface area contributed by atoms with Crippen LogP contribution in [0.4, 0.5) is 0 Å². The van der Waals surface area contributed by atoms with E-state index in [1.807, 2.05) is 19.1 Å². The Kier molecular flexibility index (Phi) is 6.71. The molecule has 1 aromatic heterocycles. The molecule has 162 valence electrons. The Morgan fingerprint density at radius 1 is 1.30 bits per heavy atom. The smallest absolute Gasteiger partial charge is 0.264 e. The molecule has 1 saturated heterocycles. The van der Waals surface area contributed by atoms with Crippen LogP contribution in [0.15, 0.2) is 47.5 Å². The number of hydrogen-bond donors (Lipinski definition) is 2. The highest BCUT2D eigenvalue weighted by Crippen LogP contribution is 2.27. The molecule has 1 aliphatic rings. The summed E-state index contributed by atoms with van der Waals surface area (Å²) in [6.45, 7) is 5.50. The van der Waals surface area contributed by atoms with Crippen molar-refractivity contribution in [3.05, 3.63) is 53.9 Å². The molecular formula is C20H25N3O6S. The van der Waals surface area contributed by atoms with E-state index in [4.69, 9.17) is 14.7 Å². The van der Waals surface area contributed by atoms with E-state index >= 15 is 0 Å². The lowest BCUT2D eigenvalue weighted by molar-refractivity contribution is -0.146. The minimum atomic E-state index is -4.01. The van der Waals surface area contributed by atoms with Gasteiger partial charge in [-0.15, -0.1) is 0 Å². The second kappa shape index (κ2) is 9.09. The molecule has 0 bridgehead atoms. The van der Waals surface area contributed by atoms with Gasteiger partial charge in [0.05, 0.1) is 17.1 Å². The van der Waals surface area contributed by atoms with Gasteiger partial charge >= 0.3 is 0 Å². The van der Waals surface area contributed by atoms with Crippen LogP contribution in [-0.4, -0.2) is 53.6 Å². The molecular weight excluding hydrogens is 410 g/mol. The number of aryl methyl sites for hydroxylation is 1. The van der Waals surface area contributed by atoms with Gasteiger partial charge in [-0.3, -0.25) is 15.0 Å². The van der Waals surface area contributed by atoms with Crippen molar-refractivity contribution in [1.29, 1.82) is 0 Å². The number of hydrogen-bond acceptors (Lipinski definition) is 7. The topological polar surface area (TPSA) is 118 Å². The highest BCUT2D eigenvalue weighted by molar-refractivity contribution is 7.89. The number of sulfonamides is 1. The molecule has 10 heteroatoms. The number of rotatable bonds is 6. The van der Waals surface area contributed by atoms with E-state index in [-0.39, 0.29) is 11.4 Å². The van der Waals surface area contributed by atoms with E-state index in [1.54, 1.807) is 32.2 Å². The Balaban J connectivity index is 1.79. The van der Waals surface area contributed by atoms with Crippen molar-refractivity contribution in [2.75, 3.05) is 6.54 Å². The van der Waals surface area contributed by atoms with E-state index in [9.17, 15) is 13.2 Å². The number of carbonyl (C=O) groups excluding carboxylic acids is 1. The molecule has 2 heterocycles. The summed E-state index contributed by atoms with van der Waals surface area (Å²) in [5.74, 6) is -0.338. The molecule has 1 fully saturated rings. The molecule has 3 rings (SSSR count). The van der Waals surface area contributed by atoms with Gasteiger partial charge in [-0.2, -0.15) is 4.31 Å². The normalized spacial score (nSPS) is 22.5. The predicted octanol–water partition coefficient (Wildman–Crippen LogP) is 1.64. The first-order chi connectivity index (χ1) is 14.2. The van der Waals surface area contributed by atoms with Gasteiger partial charge in [-0.25, -0.2) is 13.9 Å². The van der Waals surface area contributed by atoms with Crippen molar-refractivity contribution in [3.8, 4) is 5.75 Å². The van der Waals surface area contributed by atoms with Gasteiger partial charge in [-0.1, -0.05) is 6.07 Å². The molecule has 2 N–H and O–H groups in total. The second-order valence-electron chi connectivity index (χ2n) is 7.16. The molecule has 1 aliphatic heterocycles. The summed E-state index contributed by atoms with van der Waals surface area (Å²) in [4.78, 5) is 16.3. The quantitative estimate of drug-likeness (QED) is 0.523. The Labute approximate surface area is 175 Å². The lowest BCUT2D eigenvalue weighted by Gasteiger charge is -2.40. The number of nitrogens with one attached hydrogen (secondary N) is 1. The summed E-state index contributed by atoms with van der Waals surface area (Å²) in [6.07, 6.45) is 0.583. The SMILES string of the molecule is Cc1ncccc1COc1ccc(S(=O)(=O)N2C[C@H](C)OC(C)[C@@H]2C(=O)NO)cc1. The van der Waals surface area contributed by atoms with Crippen LogP contribution in [0.3, 0.4) is 0 Å². The molecule has 0 saturated carbocycles. The lowest BCUT2D eigenvalue weighted by atomic mass is 10.1. The Morgan fingerprint density at radius 3 is 2.63 bits per heavy atom. The van der Waals surface area contributed by atoms with Crippen molar-refractivity contribution in [2.45, 2.75) is 50.5 Å². The first-order valence-corrected chi connectivity index (χ1v) is 10.9. The fourth-order valence-corrected chi connectivity index (χ4v) is 5.14. The monoisotopic (exact) mass is 435 g/mol. The van der Waals surface area contributed by atoms with Crippen molar-refractivity contribution >= 4 is 15.9 Å². The zero-order valence-corrected chi connectivity index (χ0v) is 17.8. The Hall–Kier alpha value is -2.53. The van der Waals surface area contributed by atoms with Crippen LogP contribution in [0.2, 0.25) is 0 Å². The van der Waals surface area contributed by atoms with E-state index < -0.39 is 34.2 Å². The van der Waals surface area contributed by atoms with Gasteiger partial charge in [0.2, 0.25) is 10.0 Å². The number of morpholine rings is 1. The third-order valence-electron chi connectivity index (χ3n) is 4.96. The van der Waals surface area contributed by atoms with Crippen molar-refractivity contribution in [3.63, 3.8) is 0 Å². The Morgan fingerprint density at radius 2 is 2.00 bits per heavy atom. The molecule has 1 unspecified atom stereocenters. The highest BCUT2D eigenvalue weighted by atomic mass is 32.2. The van der Waals surface area contributed by atoms with Crippen LogP contribution in [0.1, 0.15) is 25.1 Å². The van der Waals surface area contributed by atoms with E-state index in [0.29, 0.717) is 12.4 Å². The van der Waals surface area contributed by atoms with Crippen molar-refractivity contribution in [2.24, 2.45) is 0 Å². The number of nitrogens with zero attached hydrogens (tertiary/aromatic N) is 2. The number of hydroxylamine groups is 1. The van der Waals surface area contributed by atoms with Crippen LogP contribution in [0.25, 0.3) is 0 Å². The van der Waals surface area contributed by atoms with E-state index in [1.165, 1.54) is 17.6 Å². The molecule has 1 amide bonds. The van der Waals surface area contributed by atoms with Crippen LogP contribution in [0.5, 0.6) is 5.75 Å². The number of benzene rings is 1. The molecule has 2 aromatic rings. The fourth-order valence-electron chi connectivity index (χ4n) is 3.42. The summed E-state index contributed by atoms with van der Waals surface area (Å²) in [5.41, 5.74) is 3.32. The summed E-state index contributed by atoms with van der Waals surface area (Å²) in [5, 5.41) is 9.04. The van der Waals surface area contributed by atoms with E-state index in [2.05, 4.69) is 4.98 Å². The lowest BCUT2D eigenvalue weighted by Crippen LogP contribution is -2.60. The van der Waals surface area contributed by atoms with Gasteiger partial charge in [-0.05, 0) is 51.1 Å². The van der Waals surface area contributed by atoms with Gasteiger partial charge in [0, 0.05) is 24.0 Å². The van der Waals surface area contributed by atoms with Crippen LogP contribution in [0, 0.1) is 6.92 Å². The third kappa shape index (κ3) is 4.62. The predicted molar refractivity (Wildman–Crippen MR) is 107 cm³/mol. The summed E-state index contributed by atoms with van der Waals surface area (Å²) in [6, 6.07) is 8.54. The minimum Gasteiger partial charge on any atom is -0.489 e. The molecule has 30 heavy (non-hydrogen) atoms. The first kappa shape index (κ1) is 22.2. The average molecular weight is 436 g/mol. The zero-order valence-electron chi connectivity index (χ0n) is 17.0. The average Bonchev–Trinajstić information content (AvgIpc) is 2.72. The summed E-state index contributed by atoms with van der Waals surface area (Å²) < 4.78 is 38.8. The van der Waals surface area contributed by atoms with Gasteiger partial charge in [0.1, 0.15) is 18.4 Å². The molecule has 0 radical (unpaired) electrons. The number of ether oxygens (including phenoxy) is 2. The fraction of sp³-hybridized carbons (Fsp3) is 0.400. The van der Waals surface area contributed by atoms with Gasteiger partial charge in [0.25, 0.3) is 5.91 Å². The van der Waals surface area contributed by atoms with Gasteiger partial charge < -0.3 is 9.47 Å². The standard InChI is InChI=1S/C20H25N3O6S/c1-13-11-23(19(15(3)29-13)20(24)22-25)30(26,27)18-8-6-17(7-9-18)28-12-16-5-4-10-21-14(16)2/h4-10,13,15,19,25H,11-12H2,1-3H3,(H,22,24)/t13-,15?,19+/m0/s1. The number of pyridine rings is 1. The molecule has 1 aromatic carbocycles. The number of carbonyl (C=O) groups is 1. The van der Waals surface area contributed by atoms with Crippen molar-refractivity contribution < 1.29 is 27.9 Å². The largest absolute Gasteiger partial charge is 0.489 e. The number of amides is 1. The molecule has 9 nitrogen and oxygen atoms in total. The van der Waals surface area contributed by atoms with Crippen LogP contribution < -0.4 is 10.2 Å². The van der Waals surface area contributed by atoms with Crippen LogP contribution >= 0.6 is 0 Å². The maximum absolute atomic E-state index is 13.2. The maximum Gasteiger partial charge on any atom is 0.264 e. The van der Waals surface area contributed by atoms with Crippen molar-refractivity contribution in [1.82, 2.24) is 14.8 Å². The zero-order chi connectivity index (χ0) is 21.9. The maximum atomic E-state index is 13.2. The molecule has 0 spiro atoms. The van der Waals surface area contributed by atoms with E-state index in [0.717, 1.165) is 15.6 Å². The number of aromatic nitrogens is 1.